The number of amides is 1. The van der Waals surface area contributed by atoms with Crippen molar-refractivity contribution >= 4 is 17.5 Å². The van der Waals surface area contributed by atoms with Crippen LogP contribution in [0.3, 0.4) is 0 Å². The van der Waals surface area contributed by atoms with E-state index in [2.05, 4.69) is 24.2 Å². The zero-order valence-electron chi connectivity index (χ0n) is 18.1. The maximum atomic E-state index is 13.3. The number of carbonyl (C=O) groups is 1. The maximum Gasteiger partial charge on any atom is 0.276 e. The highest BCUT2D eigenvalue weighted by atomic mass is 35.5. The van der Waals surface area contributed by atoms with Gasteiger partial charge in [0.2, 0.25) is 0 Å². The minimum Gasteiger partial charge on any atom is -0.490 e. The fraction of sp³-hybridized carbons (Fsp3) is 0.375. The lowest BCUT2D eigenvalue weighted by Gasteiger charge is -2.32. The first-order chi connectivity index (χ1) is 14.9. The Morgan fingerprint density at radius 1 is 1.06 bits per heavy atom. The number of halogens is 1. The van der Waals surface area contributed by atoms with Crippen LogP contribution in [0.1, 0.15) is 54.4 Å². The van der Waals surface area contributed by atoms with Gasteiger partial charge in [0.05, 0.1) is 11.4 Å². The quantitative estimate of drug-likeness (QED) is 0.560. The van der Waals surface area contributed by atoms with E-state index in [1.807, 2.05) is 60.4 Å². The third kappa shape index (κ3) is 4.74. The third-order valence-electron chi connectivity index (χ3n) is 5.58. The van der Waals surface area contributed by atoms with Crippen molar-refractivity contribution in [3.8, 4) is 11.4 Å². The van der Waals surface area contributed by atoms with Gasteiger partial charge in [-0.25, -0.2) is 4.68 Å². The highest BCUT2D eigenvalue weighted by Crippen LogP contribution is 2.25. The number of nitrogens with zero attached hydrogens (tertiary/aromatic N) is 4. The summed E-state index contributed by atoms with van der Waals surface area (Å²) < 4.78 is 7.83. The molecule has 31 heavy (non-hydrogen) atoms. The maximum absolute atomic E-state index is 13.3. The van der Waals surface area contributed by atoms with Crippen LogP contribution in [-0.2, 0) is 0 Å². The molecule has 3 aromatic rings. The number of rotatable bonds is 5. The monoisotopic (exact) mass is 438 g/mol. The van der Waals surface area contributed by atoms with Gasteiger partial charge in [0, 0.05) is 31.0 Å². The molecule has 2 heterocycles. The van der Waals surface area contributed by atoms with Gasteiger partial charge in [-0.1, -0.05) is 48.4 Å². The van der Waals surface area contributed by atoms with E-state index in [-0.39, 0.29) is 17.9 Å². The van der Waals surface area contributed by atoms with Crippen LogP contribution in [-0.4, -0.2) is 45.0 Å². The molecule has 2 aromatic carbocycles. The van der Waals surface area contributed by atoms with Crippen molar-refractivity contribution < 1.29 is 9.53 Å². The predicted molar refractivity (Wildman–Crippen MR) is 121 cm³/mol. The topological polar surface area (TPSA) is 60.2 Å². The molecule has 0 N–H and O–H groups in total. The minimum absolute atomic E-state index is 0.0630. The van der Waals surface area contributed by atoms with Crippen LogP contribution in [0.5, 0.6) is 5.75 Å². The van der Waals surface area contributed by atoms with Gasteiger partial charge in [-0.2, -0.15) is 0 Å². The summed E-state index contributed by atoms with van der Waals surface area (Å²) >= 11 is 5.94. The summed E-state index contributed by atoms with van der Waals surface area (Å²) in [5, 5.41) is 9.29. The summed E-state index contributed by atoms with van der Waals surface area (Å²) in [6.45, 7) is 7.43. The molecule has 0 aliphatic carbocycles. The number of hydrogen-bond acceptors (Lipinski definition) is 4. The first kappa shape index (κ1) is 21.4. The molecule has 7 heteroatoms. The molecule has 0 atom stereocenters. The van der Waals surface area contributed by atoms with Crippen molar-refractivity contribution in [2.24, 2.45) is 0 Å². The molecule has 0 saturated carbocycles. The second-order valence-electron chi connectivity index (χ2n) is 8.29. The van der Waals surface area contributed by atoms with E-state index in [9.17, 15) is 4.79 Å². The lowest BCUT2D eigenvalue weighted by Crippen LogP contribution is -2.42. The second kappa shape index (κ2) is 9.10. The van der Waals surface area contributed by atoms with E-state index in [0.29, 0.717) is 23.8 Å². The number of likely N-dealkylation sites (tertiary alicyclic amines) is 1. The molecule has 1 aliphatic heterocycles. The molecule has 4 rings (SSSR count). The van der Waals surface area contributed by atoms with Gasteiger partial charge in [-0.05, 0) is 49.2 Å². The van der Waals surface area contributed by atoms with Gasteiger partial charge in [-0.3, -0.25) is 4.79 Å². The Kier molecular flexibility index (Phi) is 6.28. The van der Waals surface area contributed by atoms with Crippen LogP contribution in [0.2, 0.25) is 5.02 Å². The van der Waals surface area contributed by atoms with Crippen LogP contribution in [0.4, 0.5) is 0 Å². The normalized spacial score (nSPS) is 14.8. The van der Waals surface area contributed by atoms with Crippen molar-refractivity contribution in [1.29, 1.82) is 0 Å². The van der Waals surface area contributed by atoms with Gasteiger partial charge in [-0.15, -0.1) is 5.10 Å². The number of aryl methyl sites for hydroxylation is 1. The lowest BCUT2D eigenvalue weighted by molar-refractivity contribution is 0.0588. The highest BCUT2D eigenvalue weighted by Gasteiger charge is 2.30. The zero-order valence-corrected chi connectivity index (χ0v) is 18.8. The van der Waals surface area contributed by atoms with Crippen molar-refractivity contribution in [2.45, 2.75) is 45.6 Å². The Morgan fingerprint density at radius 3 is 2.32 bits per heavy atom. The van der Waals surface area contributed by atoms with Crippen molar-refractivity contribution in [3.63, 3.8) is 0 Å². The van der Waals surface area contributed by atoms with Crippen molar-refractivity contribution in [2.75, 3.05) is 13.1 Å². The predicted octanol–water partition coefficient (Wildman–Crippen LogP) is 5.04. The largest absolute Gasteiger partial charge is 0.490 e. The molecule has 6 nitrogen and oxygen atoms in total. The Balaban J connectivity index is 1.46. The molecular formula is C24H27ClN4O2. The molecular weight excluding hydrogens is 412 g/mol. The highest BCUT2D eigenvalue weighted by molar-refractivity contribution is 6.30. The Hall–Kier alpha value is -2.86. The van der Waals surface area contributed by atoms with E-state index < -0.39 is 0 Å². The fourth-order valence-corrected chi connectivity index (χ4v) is 3.99. The van der Waals surface area contributed by atoms with Crippen LogP contribution < -0.4 is 4.74 Å². The minimum atomic E-state index is -0.0630. The number of carbonyl (C=O) groups excluding carboxylic acids is 1. The van der Waals surface area contributed by atoms with Crippen LogP contribution >= 0.6 is 11.6 Å². The summed E-state index contributed by atoms with van der Waals surface area (Å²) in [6, 6.07) is 15.5. The molecule has 1 fully saturated rings. The number of aromatic nitrogens is 3. The SMILES string of the molecule is Cc1ccc(-n2nnc(C(=O)N3CCC(Oc4ccc(Cl)cc4)CC3)c2C(C)C)cc1. The van der Waals surface area contributed by atoms with Gasteiger partial charge < -0.3 is 9.64 Å². The Labute approximate surface area is 187 Å². The number of benzene rings is 2. The van der Waals surface area contributed by atoms with E-state index in [4.69, 9.17) is 16.3 Å². The van der Waals surface area contributed by atoms with E-state index in [1.165, 1.54) is 5.56 Å². The summed E-state index contributed by atoms with van der Waals surface area (Å²) in [4.78, 5) is 15.1. The number of piperidine rings is 1. The second-order valence-corrected chi connectivity index (χ2v) is 8.73. The Bertz CT molecular complexity index is 1040. The Morgan fingerprint density at radius 2 is 1.71 bits per heavy atom. The van der Waals surface area contributed by atoms with Gasteiger partial charge in [0.15, 0.2) is 5.69 Å². The van der Waals surface area contributed by atoms with E-state index in [1.54, 1.807) is 4.68 Å². The van der Waals surface area contributed by atoms with Gasteiger partial charge >= 0.3 is 0 Å². The molecule has 0 radical (unpaired) electrons. The first-order valence-corrected chi connectivity index (χ1v) is 11.0. The molecule has 0 unspecified atom stereocenters. The molecule has 162 valence electrons. The standard InChI is InChI=1S/C24H27ClN4O2/c1-16(2)23-22(26-27-29(23)19-8-4-17(3)5-9-19)24(30)28-14-12-21(13-15-28)31-20-10-6-18(25)7-11-20/h4-11,16,21H,12-15H2,1-3H3. The molecule has 1 amide bonds. The van der Waals surface area contributed by atoms with Crippen molar-refractivity contribution in [3.05, 3.63) is 70.5 Å². The molecule has 1 saturated heterocycles. The van der Waals surface area contributed by atoms with Gasteiger partial charge in [0.25, 0.3) is 5.91 Å². The molecule has 1 aromatic heterocycles. The van der Waals surface area contributed by atoms with E-state index in [0.717, 1.165) is 30.0 Å². The van der Waals surface area contributed by atoms with Crippen LogP contribution in [0.15, 0.2) is 48.5 Å². The molecule has 0 spiro atoms. The smallest absolute Gasteiger partial charge is 0.276 e. The summed E-state index contributed by atoms with van der Waals surface area (Å²) in [5.74, 6) is 0.852. The van der Waals surface area contributed by atoms with Crippen LogP contribution in [0.25, 0.3) is 5.69 Å². The van der Waals surface area contributed by atoms with Crippen molar-refractivity contribution in [1.82, 2.24) is 19.9 Å². The number of ether oxygens (including phenoxy) is 1. The average molecular weight is 439 g/mol. The number of hydrogen-bond donors (Lipinski definition) is 0. The summed E-state index contributed by atoms with van der Waals surface area (Å²) in [7, 11) is 0. The lowest BCUT2D eigenvalue weighted by atomic mass is 10.0. The fourth-order valence-electron chi connectivity index (χ4n) is 3.87. The third-order valence-corrected chi connectivity index (χ3v) is 5.83. The summed E-state index contributed by atoms with van der Waals surface area (Å²) in [5.41, 5.74) is 3.37. The molecule has 1 aliphatic rings. The zero-order chi connectivity index (χ0) is 22.0. The average Bonchev–Trinajstić information content (AvgIpc) is 3.21. The summed E-state index contributed by atoms with van der Waals surface area (Å²) in [6.07, 6.45) is 1.63. The van der Waals surface area contributed by atoms with Gasteiger partial charge in [0.1, 0.15) is 11.9 Å². The van der Waals surface area contributed by atoms with E-state index >= 15 is 0 Å². The molecule has 0 bridgehead atoms. The first-order valence-electron chi connectivity index (χ1n) is 10.7. The van der Waals surface area contributed by atoms with Crippen LogP contribution in [0, 0.1) is 6.92 Å².